The molecule has 21 heavy (non-hydrogen) atoms. The zero-order chi connectivity index (χ0) is 15.1. The second-order valence-electron chi connectivity index (χ2n) is 6.02. The van der Waals surface area contributed by atoms with Crippen molar-refractivity contribution in [1.82, 2.24) is 5.32 Å². The van der Waals surface area contributed by atoms with Crippen LogP contribution >= 0.6 is 0 Å². The summed E-state index contributed by atoms with van der Waals surface area (Å²) in [6.45, 7) is 2.16. The van der Waals surface area contributed by atoms with E-state index >= 15 is 0 Å². The van der Waals surface area contributed by atoms with Crippen LogP contribution in [-0.2, 0) is 10.2 Å². The molecule has 118 valence electrons. The number of ether oxygens (including phenoxy) is 1. The summed E-state index contributed by atoms with van der Waals surface area (Å²) in [5.41, 5.74) is 0.638. The van der Waals surface area contributed by atoms with Gasteiger partial charge in [0.15, 0.2) is 0 Å². The molecule has 1 aromatic carbocycles. The van der Waals surface area contributed by atoms with Crippen molar-refractivity contribution in [2.75, 3.05) is 26.8 Å². The molecule has 0 spiro atoms. The molecule has 1 aliphatic carbocycles. The van der Waals surface area contributed by atoms with Crippen molar-refractivity contribution in [2.24, 2.45) is 0 Å². The average molecular weight is 297 g/mol. The Hall–Kier alpha value is -1.00. The smallest absolute Gasteiger partial charge is 0.126 e. The first-order valence-electron chi connectivity index (χ1n) is 7.82. The molecule has 0 bridgehead atoms. The van der Waals surface area contributed by atoms with Gasteiger partial charge in [-0.3, -0.25) is 0 Å². The van der Waals surface area contributed by atoms with Crippen molar-refractivity contribution in [3.05, 3.63) is 35.4 Å². The van der Waals surface area contributed by atoms with Crippen LogP contribution in [0.4, 0.5) is 8.78 Å². The van der Waals surface area contributed by atoms with Crippen LogP contribution in [0, 0.1) is 11.6 Å². The van der Waals surface area contributed by atoms with Gasteiger partial charge in [0.1, 0.15) is 11.6 Å². The van der Waals surface area contributed by atoms with Crippen LogP contribution in [0.2, 0.25) is 0 Å². The van der Waals surface area contributed by atoms with Gasteiger partial charge >= 0.3 is 0 Å². The minimum absolute atomic E-state index is 0.160. The topological polar surface area (TPSA) is 21.3 Å². The van der Waals surface area contributed by atoms with Gasteiger partial charge in [0.05, 0.1) is 6.61 Å². The van der Waals surface area contributed by atoms with Crippen molar-refractivity contribution in [3.8, 4) is 0 Å². The molecule has 1 fully saturated rings. The Balaban J connectivity index is 2.21. The third-order valence-corrected chi connectivity index (χ3v) is 4.48. The summed E-state index contributed by atoms with van der Waals surface area (Å²) in [6.07, 6.45) is 6.61. The van der Waals surface area contributed by atoms with Gasteiger partial charge in [-0.1, -0.05) is 25.7 Å². The van der Waals surface area contributed by atoms with Crippen LogP contribution < -0.4 is 5.32 Å². The predicted octanol–water partition coefficient (Wildman–Crippen LogP) is 3.79. The fourth-order valence-corrected chi connectivity index (χ4v) is 3.33. The lowest BCUT2D eigenvalue weighted by atomic mass is 9.74. The summed E-state index contributed by atoms with van der Waals surface area (Å²) >= 11 is 0. The number of hydrogen-bond acceptors (Lipinski definition) is 2. The van der Waals surface area contributed by atoms with E-state index in [9.17, 15) is 8.78 Å². The van der Waals surface area contributed by atoms with Gasteiger partial charge in [-0.15, -0.1) is 0 Å². The first-order valence-corrected chi connectivity index (χ1v) is 7.82. The van der Waals surface area contributed by atoms with Gasteiger partial charge in [-0.05, 0) is 30.5 Å². The Morgan fingerprint density at radius 3 is 2.24 bits per heavy atom. The highest BCUT2D eigenvalue weighted by atomic mass is 19.1. The molecular weight excluding hydrogens is 272 g/mol. The number of methoxy groups -OCH3 is 1. The lowest BCUT2D eigenvalue weighted by molar-refractivity contribution is 0.195. The molecule has 1 aliphatic rings. The molecule has 1 N–H and O–H groups in total. The highest BCUT2D eigenvalue weighted by Gasteiger charge is 2.33. The number of halogens is 2. The standard InChI is InChI=1S/C17H25F2NO/c1-21-9-8-20-13-17(6-4-2-3-5-7-17)14-10-15(18)12-16(19)11-14/h10-12,20H,2-9,13H2,1H3. The van der Waals surface area contributed by atoms with E-state index in [1.807, 2.05) is 0 Å². The van der Waals surface area contributed by atoms with E-state index in [0.717, 1.165) is 50.4 Å². The SMILES string of the molecule is COCCNCC1(c2cc(F)cc(F)c2)CCCCCC1. The minimum atomic E-state index is -0.481. The maximum absolute atomic E-state index is 13.6. The van der Waals surface area contributed by atoms with E-state index in [1.165, 1.54) is 25.0 Å². The van der Waals surface area contributed by atoms with Crippen molar-refractivity contribution in [2.45, 2.75) is 43.9 Å². The lowest BCUT2D eigenvalue weighted by Crippen LogP contribution is -2.39. The fourth-order valence-electron chi connectivity index (χ4n) is 3.33. The Kier molecular flexibility index (Phi) is 6.12. The zero-order valence-corrected chi connectivity index (χ0v) is 12.8. The minimum Gasteiger partial charge on any atom is -0.383 e. The molecular formula is C17H25F2NO. The van der Waals surface area contributed by atoms with Crippen LogP contribution in [0.1, 0.15) is 44.1 Å². The first-order chi connectivity index (χ1) is 10.2. The molecule has 1 saturated carbocycles. The van der Waals surface area contributed by atoms with Gasteiger partial charge in [0.25, 0.3) is 0 Å². The maximum Gasteiger partial charge on any atom is 0.126 e. The zero-order valence-electron chi connectivity index (χ0n) is 12.8. The number of rotatable bonds is 6. The van der Waals surface area contributed by atoms with Gasteiger partial charge in [0.2, 0.25) is 0 Å². The highest BCUT2D eigenvalue weighted by Crippen LogP contribution is 2.38. The van der Waals surface area contributed by atoms with Crippen molar-refractivity contribution in [1.29, 1.82) is 0 Å². The summed E-state index contributed by atoms with van der Waals surface area (Å²) in [4.78, 5) is 0. The van der Waals surface area contributed by atoms with E-state index in [0.29, 0.717) is 6.61 Å². The predicted molar refractivity (Wildman–Crippen MR) is 80.5 cm³/mol. The van der Waals surface area contributed by atoms with Crippen molar-refractivity contribution in [3.63, 3.8) is 0 Å². The van der Waals surface area contributed by atoms with Gasteiger partial charge in [0, 0.05) is 31.7 Å². The second kappa shape index (κ2) is 7.85. The lowest BCUT2D eigenvalue weighted by Gasteiger charge is -2.34. The molecule has 2 nitrogen and oxygen atoms in total. The maximum atomic E-state index is 13.6. The quantitative estimate of drug-likeness (QED) is 0.637. The Labute approximate surface area is 125 Å². The summed E-state index contributed by atoms with van der Waals surface area (Å²) in [5, 5.41) is 3.39. The van der Waals surface area contributed by atoms with Gasteiger partial charge < -0.3 is 10.1 Å². The molecule has 0 amide bonds. The third kappa shape index (κ3) is 4.48. The summed E-state index contributed by atoms with van der Waals surface area (Å²) in [5.74, 6) is -0.962. The molecule has 0 heterocycles. The van der Waals surface area contributed by atoms with E-state index in [2.05, 4.69) is 5.32 Å². The van der Waals surface area contributed by atoms with Crippen molar-refractivity contribution >= 4 is 0 Å². The first kappa shape index (κ1) is 16.4. The van der Waals surface area contributed by atoms with Crippen molar-refractivity contribution < 1.29 is 13.5 Å². The summed E-state index contributed by atoms with van der Waals surface area (Å²) in [6, 6.07) is 3.96. The molecule has 1 aromatic rings. The van der Waals surface area contributed by atoms with E-state index in [-0.39, 0.29) is 5.41 Å². The normalized spacial score (nSPS) is 18.4. The molecule has 4 heteroatoms. The van der Waals surface area contributed by atoms with Crippen LogP contribution in [0.25, 0.3) is 0 Å². The van der Waals surface area contributed by atoms with Crippen LogP contribution in [0.5, 0.6) is 0 Å². The Bertz CT molecular complexity index is 422. The largest absolute Gasteiger partial charge is 0.383 e. The monoisotopic (exact) mass is 297 g/mol. The van der Waals surface area contributed by atoms with Gasteiger partial charge in [-0.25, -0.2) is 8.78 Å². The molecule has 0 saturated heterocycles. The summed E-state index contributed by atoms with van der Waals surface area (Å²) in [7, 11) is 1.67. The number of benzene rings is 1. The number of hydrogen-bond donors (Lipinski definition) is 1. The molecule has 2 rings (SSSR count). The average Bonchev–Trinajstić information content (AvgIpc) is 2.69. The van der Waals surface area contributed by atoms with Crippen LogP contribution in [0.3, 0.4) is 0 Å². The van der Waals surface area contributed by atoms with E-state index in [4.69, 9.17) is 4.74 Å². The van der Waals surface area contributed by atoms with E-state index < -0.39 is 11.6 Å². The third-order valence-electron chi connectivity index (χ3n) is 4.48. The van der Waals surface area contributed by atoms with Crippen LogP contribution in [-0.4, -0.2) is 26.8 Å². The molecule has 0 radical (unpaired) electrons. The molecule has 0 atom stereocenters. The van der Waals surface area contributed by atoms with Gasteiger partial charge in [-0.2, -0.15) is 0 Å². The summed E-state index contributed by atoms with van der Waals surface area (Å²) < 4.78 is 32.3. The molecule has 0 aliphatic heterocycles. The Morgan fingerprint density at radius 1 is 1.05 bits per heavy atom. The molecule has 0 aromatic heterocycles. The Morgan fingerprint density at radius 2 is 1.67 bits per heavy atom. The molecule has 0 unspecified atom stereocenters. The number of nitrogens with one attached hydrogen (secondary N) is 1. The van der Waals surface area contributed by atoms with Crippen LogP contribution in [0.15, 0.2) is 18.2 Å². The highest BCUT2D eigenvalue weighted by molar-refractivity contribution is 5.28. The fraction of sp³-hybridized carbons (Fsp3) is 0.647. The second-order valence-corrected chi connectivity index (χ2v) is 6.02. The van der Waals surface area contributed by atoms with E-state index in [1.54, 1.807) is 7.11 Å².